The molecule has 0 saturated carbocycles. The molecule has 0 radical (unpaired) electrons. The average Bonchev–Trinajstić information content (AvgIpc) is 3.08. The smallest absolute Gasteiger partial charge is 0.310 e. The Balaban J connectivity index is 1.67. The molecule has 0 aliphatic carbocycles. The quantitative estimate of drug-likeness (QED) is 0.224. The second-order valence-corrected chi connectivity index (χ2v) is 7.31. The van der Waals surface area contributed by atoms with Crippen LogP contribution < -0.4 is 4.74 Å². The molecule has 0 atom stereocenters. The zero-order valence-electron chi connectivity index (χ0n) is 15.9. The van der Waals surface area contributed by atoms with Gasteiger partial charge in [-0.25, -0.2) is 0 Å². The van der Waals surface area contributed by atoms with Crippen molar-refractivity contribution in [3.8, 4) is 17.1 Å². The number of nitrogens with zero attached hydrogens (tertiary/aromatic N) is 4. The van der Waals surface area contributed by atoms with Crippen molar-refractivity contribution in [2.45, 2.75) is 32.0 Å². The lowest BCUT2D eigenvalue weighted by Gasteiger charge is -2.10. The summed E-state index contributed by atoms with van der Waals surface area (Å²) in [4.78, 5) is 10.6. The number of rotatable bonds is 9. The van der Waals surface area contributed by atoms with Gasteiger partial charge >= 0.3 is 5.69 Å². The molecule has 3 rings (SSSR count). The highest BCUT2D eigenvalue weighted by Crippen LogP contribution is 2.27. The number of hydrogen-bond donors (Lipinski definition) is 0. The van der Waals surface area contributed by atoms with Crippen molar-refractivity contribution < 1.29 is 9.66 Å². The number of aryl methyl sites for hydroxylation is 1. The number of hydrogen-bond acceptors (Lipinski definition) is 6. The van der Waals surface area contributed by atoms with Gasteiger partial charge in [0, 0.05) is 23.9 Å². The van der Waals surface area contributed by atoms with Gasteiger partial charge in [-0.15, -0.1) is 10.2 Å². The van der Waals surface area contributed by atoms with E-state index in [1.54, 1.807) is 18.2 Å². The van der Waals surface area contributed by atoms with Crippen LogP contribution in [0.4, 0.5) is 5.69 Å². The lowest BCUT2D eigenvalue weighted by molar-refractivity contribution is -0.385. The minimum Gasteiger partial charge on any atom is -0.486 e. The molecule has 0 spiro atoms. The highest BCUT2D eigenvalue weighted by atomic mass is 32.2. The first kappa shape index (κ1) is 19.9. The van der Waals surface area contributed by atoms with Gasteiger partial charge in [0.25, 0.3) is 0 Å². The van der Waals surface area contributed by atoms with Crippen molar-refractivity contribution in [1.82, 2.24) is 14.8 Å². The molecule has 0 amide bonds. The average molecular weight is 398 g/mol. The predicted molar refractivity (Wildman–Crippen MR) is 110 cm³/mol. The Hall–Kier alpha value is -2.87. The topological polar surface area (TPSA) is 83.1 Å². The van der Waals surface area contributed by atoms with Crippen molar-refractivity contribution >= 4 is 17.4 Å². The van der Waals surface area contributed by atoms with Crippen molar-refractivity contribution in [3.05, 3.63) is 64.2 Å². The Morgan fingerprint density at radius 2 is 2.00 bits per heavy atom. The van der Waals surface area contributed by atoms with E-state index in [0.717, 1.165) is 29.5 Å². The first-order chi connectivity index (χ1) is 13.6. The number of aromatic nitrogens is 3. The van der Waals surface area contributed by atoms with Gasteiger partial charge in [0.05, 0.1) is 11.5 Å². The fourth-order valence-electron chi connectivity index (χ4n) is 2.83. The van der Waals surface area contributed by atoms with Crippen LogP contribution >= 0.6 is 11.8 Å². The molecule has 146 valence electrons. The molecule has 2 aromatic carbocycles. The highest BCUT2D eigenvalue weighted by Gasteiger charge is 2.15. The third kappa shape index (κ3) is 4.69. The molecule has 0 saturated heterocycles. The summed E-state index contributed by atoms with van der Waals surface area (Å²) in [5.41, 5.74) is 2.20. The van der Waals surface area contributed by atoms with E-state index in [-0.39, 0.29) is 11.4 Å². The molecular formula is C20H22N4O3S. The summed E-state index contributed by atoms with van der Waals surface area (Å²) < 4.78 is 7.72. The number of benzene rings is 2. The summed E-state index contributed by atoms with van der Waals surface area (Å²) in [5, 5.41) is 20.6. The Labute approximate surface area is 167 Å². The number of nitro groups is 1. The minimum atomic E-state index is -0.436. The maximum atomic E-state index is 11.1. The standard InChI is InChI=1S/C20H22N4O3S/c1-3-11-23-19(16-8-6-7-15(2)14-16)21-22-20(23)28-13-12-27-18-10-5-4-9-17(18)24(25)26/h4-10,14H,3,11-13H2,1-2H3. The van der Waals surface area contributed by atoms with Crippen LogP contribution in [0.25, 0.3) is 11.4 Å². The normalized spacial score (nSPS) is 10.8. The zero-order chi connectivity index (χ0) is 19.9. The van der Waals surface area contributed by atoms with Crippen LogP contribution in [0.1, 0.15) is 18.9 Å². The molecule has 0 fully saturated rings. The number of ether oxygens (including phenoxy) is 1. The molecule has 0 bridgehead atoms. The molecule has 0 N–H and O–H groups in total. The van der Waals surface area contributed by atoms with Crippen LogP contribution in [0.2, 0.25) is 0 Å². The fourth-order valence-corrected chi connectivity index (χ4v) is 3.61. The summed E-state index contributed by atoms with van der Waals surface area (Å²) in [6.07, 6.45) is 0.969. The van der Waals surface area contributed by atoms with Gasteiger partial charge in [0.1, 0.15) is 0 Å². The summed E-state index contributed by atoms with van der Waals surface area (Å²) in [6.45, 7) is 5.34. The van der Waals surface area contributed by atoms with Gasteiger partial charge in [0.2, 0.25) is 0 Å². The first-order valence-corrected chi connectivity index (χ1v) is 10.1. The van der Waals surface area contributed by atoms with Crippen LogP contribution in [0.5, 0.6) is 5.75 Å². The van der Waals surface area contributed by atoms with Gasteiger partial charge in [-0.3, -0.25) is 10.1 Å². The van der Waals surface area contributed by atoms with Crippen LogP contribution in [0.3, 0.4) is 0 Å². The van der Waals surface area contributed by atoms with E-state index in [1.165, 1.54) is 23.4 Å². The fraction of sp³-hybridized carbons (Fsp3) is 0.300. The van der Waals surface area contributed by atoms with E-state index in [1.807, 2.05) is 12.1 Å². The SMILES string of the molecule is CCCn1c(SCCOc2ccccc2[N+](=O)[O-])nnc1-c1cccc(C)c1. The third-order valence-electron chi connectivity index (χ3n) is 4.07. The molecule has 0 aliphatic rings. The molecular weight excluding hydrogens is 376 g/mol. The van der Waals surface area contributed by atoms with E-state index >= 15 is 0 Å². The molecule has 1 aromatic heterocycles. The predicted octanol–water partition coefficient (Wildman–Crippen LogP) is 4.74. The summed E-state index contributed by atoms with van der Waals surface area (Å²) in [6, 6.07) is 14.6. The third-order valence-corrected chi connectivity index (χ3v) is 5.01. The van der Waals surface area contributed by atoms with Crippen LogP contribution in [-0.2, 0) is 6.54 Å². The van der Waals surface area contributed by atoms with Gasteiger partial charge in [-0.05, 0) is 25.5 Å². The Morgan fingerprint density at radius 1 is 1.18 bits per heavy atom. The Kier molecular flexibility index (Phi) is 6.65. The molecule has 28 heavy (non-hydrogen) atoms. The lowest BCUT2D eigenvalue weighted by Crippen LogP contribution is -2.05. The molecule has 1 heterocycles. The molecule has 7 nitrogen and oxygen atoms in total. The Morgan fingerprint density at radius 3 is 2.75 bits per heavy atom. The van der Waals surface area contributed by atoms with Crippen LogP contribution in [0.15, 0.2) is 53.7 Å². The van der Waals surface area contributed by atoms with Gasteiger partial charge in [-0.1, -0.05) is 54.6 Å². The largest absolute Gasteiger partial charge is 0.486 e. The van der Waals surface area contributed by atoms with Crippen molar-refractivity contribution in [2.75, 3.05) is 12.4 Å². The lowest BCUT2D eigenvalue weighted by atomic mass is 10.1. The summed E-state index contributed by atoms with van der Waals surface area (Å²) in [5.74, 6) is 1.75. The number of thioether (sulfide) groups is 1. The van der Waals surface area contributed by atoms with E-state index < -0.39 is 4.92 Å². The Bertz CT molecular complexity index is 958. The molecule has 3 aromatic rings. The van der Waals surface area contributed by atoms with Gasteiger partial charge in [0.15, 0.2) is 16.7 Å². The molecule has 0 unspecified atom stereocenters. The van der Waals surface area contributed by atoms with Crippen molar-refractivity contribution in [2.24, 2.45) is 0 Å². The summed E-state index contributed by atoms with van der Waals surface area (Å²) in [7, 11) is 0. The minimum absolute atomic E-state index is 0.0246. The number of nitro benzene ring substituents is 1. The number of para-hydroxylation sites is 2. The van der Waals surface area contributed by atoms with Gasteiger partial charge in [-0.2, -0.15) is 0 Å². The zero-order valence-corrected chi connectivity index (χ0v) is 16.7. The van der Waals surface area contributed by atoms with E-state index in [9.17, 15) is 10.1 Å². The monoisotopic (exact) mass is 398 g/mol. The maximum absolute atomic E-state index is 11.1. The maximum Gasteiger partial charge on any atom is 0.310 e. The molecule has 8 heteroatoms. The second kappa shape index (κ2) is 9.36. The van der Waals surface area contributed by atoms with Crippen LogP contribution in [-0.4, -0.2) is 32.0 Å². The first-order valence-electron chi connectivity index (χ1n) is 9.09. The van der Waals surface area contributed by atoms with Crippen molar-refractivity contribution in [1.29, 1.82) is 0 Å². The highest BCUT2D eigenvalue weighted by molar-refractivity contribution is 7.99. The van der Waals surface area contributed by atoms with Crippen LogP contribution in [0, 0.1) is 17.0 Å². The van der Waals surface area contributed by atoms with E-state index in [0.29, 0.717) is 12.4 Å². The van der Waals surface area contributed by atoms with Crippen molar-refractivity contribution in [3.63, 3.8) is 0 Å². The van der Waals surface area contributed by atoms with Gasteiger partial charge < -0.3 is 9.30 Å². The van der Waals surface area contributed by atoms with E-state index in [2.05, 4.69) is 40.7 Å². The second-order valence-electron chi connectivity index (χ2n) is 6.25. The molecule has 0 aliphatic heterocycles. The summed E-state index contributed by atoms with van der Waals surface area (Å²) >= 11 is 1.53. The van der Waals surface area contributed by atoms with E-state index in [4.69, 9.17) is 4.74 Å².